The van der Waals surface area contributed by atoms with Gasteiger partial charge >= 0.3 is 0 Å². The quantitative estimate of drug-likeness (QED) is 0.158. The Bertz CT molecular complexity index is 3270. The molecule has 12 rings (SSSR count). The highest BCUT2D eigenvalue weighted by atomic mass is 32.1. The second-order valence-electron chi connectivity index (χ2n) is 15.5. The van der Waals surface area contributed by atoms with Crippen molar-refractivity contribution < 1.29 is 0 Å². The van der Waals surface area contributed by atoms with Crippen LogP contribution in [0.3, 0.4) is 0 Å². The van der Waals surface area contributed by atoms with E-state index in [1.54, 1.807) is 0 Å². The third-order valence-corrected chi connectivity index (χ3v) is 13.4. The van der Waals surface area contributed by atoms with E-state index in [4.69, 9.17) is 0 Å². The van der Waals surface area contributed by atoms with Gasteiger partial charge in [0.05, 0.1) is 0 Å². The van der Waals surface area contributed by atoms with Gasteiger partial charge in [0.15, 0.2) is 0 Å². The zero-order chi connectivity index (χ0) is 38.9. The minimum Gasteiger partial charge on any atom is -0.135 e. The van der Waals surface area contributed by atoms with Crippen LogP contribution in [0, 0.1) is 0 Å². The summed E-state index contributed by atoms with van der Waals surface area (Å²) in [5.74, 6) is 0. The summed E-state index contributed by atoms with van der Waals surface area (Å²) in [5.41, 5.74) is 20.1. The number of rotatable bonds is 6. The number of hydrogen-bond acceptors (Lipinski definition) is 1. The molecular formula is C58H36S. The predicted molar refractivity (Wildman–Crippen MR) is 254 cm³/mol. The molecule has 1 aliphatic carbocycles. The Hall–Kier alpha value is -7.32. The van der Waals surface area contributed by atoms with E-state index in [9.17, 15) is 0 Å². The van der Waals surface area contributed by atoms with Gasteiger partial charge in [0.1, 0.15) is 0 Å². The van der Waals surface area contributed by atoms with Crippen LogP contribution in [0.5, 0.6) is 0 Å². The zero-order valence-electron chi connectivity index (χ0n) is 32.2. The molecule has 0 nitrogen and oxygen atoms in total. The van der Waals surface area contributed by atoms with Crippen molar-refractivity contribution in [2.45, 2.75) is 0 Å². The van der Waals surface area contributed by atoms with Crippen LogP contribution >= 0.6 is 11.3 Å². The Morgan fingerprint density at radius 1 is 0.237 bits per heavy atom. The third kappa shape index (κ3) is 5.29. The molecule has 59 heavy (non-hydrogen) atoms. The van der Waals surface area contributed by atoms with Gasteiger partial charge in [-0.25, -0.2) is 0 Å². The number of benzene rings is 10. The predicted octanol–water partition coefficient (Wildman–Crippen LogP) is 16.9. The summed E-state index contributed by atoms with van der Waals surface area (Å²) in [6.07, 6.45) is 0. The average Bonchev–Trinajstić information content (AvgIpc) is 3.86. The lowest BCUT2D eigenvalue weighted by molar-refractivity contribution is 1.54. The molecule has 1 aromatic heterocycles. The lowest BCUT2D eigenvalue weighted by Gasteiger charge is -2.26. The first-order valence-electron chi connectivity index (χ1n) is 20.3. The lowest BCUT2D eigenvalue weighted by Crippen LogP contribution is -1.99. The highest BCUT2D eigenvalue weighted by molar-refractivity contribution is 7.26. The van der Waals surface area contributed by atoms with Gasteiger partial charge in [-0.2, -0.15) is 0 Å². The van der Waals surface area contributed by atoms with Crippen molar-refractivity contribution >= 4 is 42.3 Å². The molecule has 1 heteroatoms. The van der Waals surface area contributed by atoms with Crippen molar-refractivity contribution in [3.63, 3.8) is 0 Å². The van der Waals surface area contributed by atoms with E-state index in [-0.39, 0.29) is 0 Å². The lowest BCUT2D eigenvalue weighted by atomic mass is 9.76. The molecule has 0 saturated carbocycles. The van der Waals surface area contributed by atoms with E-state index in [1.165, 1.54) is 120 Å². The summed E-state index contributed by atoms with van der Waals surface area (Å²) in [6.45, 7) is 0. The summed E-state index contributed by atoms with van der Waals surface area (Å²) in [5, 5.41) is 5.22. The van der Waals surface area contributed by atoms with Crippen molar-refractivity contribution in [1.82, 2.24) is 0 Å². The minimum atomic E-state index is 1.21. The van der Waals surface area contributed by atoms with Crippen LogP contribution in [0.25, 0.3) is 120 Å². The van der Waals surface area contributed by atoms with Gasteiger partial charge in [-0.1, -0.05) is 200 Å². The molecule has 0 unspecified atom stereocenters. The van der Waals surface area contributed by atoms with E-state index in [0.717, 1.165) is 0 Å². The van der Waals surface area contributed by atoms with Gasteiger partial charge in [-0.3, -0.25) is 0 Å². The Kier molecular flexibility index (Phi) is 7.82. The van der Waals surface area contributed by atoms with Crippen LogP contribution in [0.15, 0.2) is 218 Å². The molecule has 1 aliphatic rings. The van der Waals surface area contributed by atoms with Gasteiger partial charge in [-0.05, 0) is 112 Å². The van der Waals surface area contributed by atoms with E-state index in [0.29, 0.717) is 0 Å². The maximum absolute atomic E-state index is 2.44. The largest absolute Gasteiger partial charge is 0.135 e. The first-order valence-corrected chi connectivity index (χ1v) is 21.2. The molecule has 0 spiro atoms. The summed E-state index contributed by atoms with van der Waals surface area (Å²) in [7, 11) is 0. The van der Waals surface area contributed by atoms with E-state index in [1.807, 2.05) is 11.3 Å². The minimum absolute atomic E-state index is 1.21. The topological polar surface area (TPSA) is 0 Å². The normalized spacial score (nSPS) is 11.7. The molecule has 0 amide bonds. The Morgan fingerprint density at radius 2 is 0.661 bits per heavy atom. The van der Waals surface area contributed by atoms with Crippen molar-refractivity contribution in [2.75, 3.05) is 0 Å². The van der Waals surface area contributed by atoms with Crippen LogP contribution < -0.4 is 0 Å². The molecule has 274 valence electrons. The van der Waals surface area contributed by atoms with E-state index >= 15 is 0 Å². The monoisotopic (exact) mass is 764 g/mol. The summed E-state index contributed by atoms with van der Waals surface area (Å²) >= 11 is 1.91. The maximum Gasteiger partial charge on any atom is 0.0434 e. The van der Waals surface area contributed by atoms with Crippen molar-refractivity contribution in [1.29, 1.82) is 0 Å². The second kappa shape index (κ2) is 13.7. The molecule has 0 radical (unpaired) electrons. The van der Waals surface area contributed by atoms with E-state index < -0.39 is 0 Å². The molecule has 0 atom stereocenters. The Labute approximate surface area is 348 Å². The van der Waals surface area contributed by atoms with Crippen molar-refractivity contribution in [3.05, 3.63) is 218 Å². The van der Waals surface area contributed by atoms with Gasteiger partial charge in [0.25, 0.3) is 0 Å². The molecule has 1 heterocycles. The van der Waals surface area contributed by atoms with Crippen LogP contribution in [0.1, 0.15) is 0 Å². The summed E-state index contributed by atoms with van der Waals surface area (Å²) < 4.78 is 2.64. The van der Waals surface area contributed by atoms with Gasteiger partial charge in [-0.15, -0.1) is 11.3 Å². The highest BCUT2D eigenvalue weighted by Crippen LogP contribution is 2.61. The standard InChI is InChI=1S/C58H36S/c1-6-19-37(20-7-1)42-35-48(58-49(36-42)44-29-16-17-32-50(44)59-58)43-33-34-47-55-45(43)30-18-31-46(55)56-53(40-25-12-4-13-26-40)51(38-21-8-2-9-22-38)52(39-23-10-3-11-24-39)54(57(47)56)41-27-14-5-15-28-41/h1-36H. The first-order chi connectivity index (χ1) is 29.3. The fourth-order valence-corrected chi connectivity index (χ4v) is 11.0. The smallest absolute Gasteiger partial charge is 0.0434 e. The van der Waals surface area contributed by atoms with Crippen molar-refractivity contribution in [2.24, 2.45) is 0 Å². The molecule has 0 aliphatic heterocycles. The van der Waals surface area contributed by atoms with Crippen LogP contribution in [0.2, 0.25) is 0 Å². The van der Waals surface area contributed by atoms with Crippen LogP contribution in [-0.4, -0.2) is 0 Å². The van der Waals surface area contributed by atoms with Gasteiger partial charge in [0, 0.05) is 25.7 Å². The molecule has 0 saturated heterocycles. The van der Waals surface area contributed by atoms with Gasteiger partial charge in [0.2, 0.25) is 0 Å². The second-order valence-corrected chi connectivity index (χ2v) is 16.5. The molecule has 0 bridgehead atoms. The van der Waals surface area contributed by atoms with Gasteiger partial charge < -0.3 is 0 Å². The van der Waals surface area contributed by atoms with E-state index in [2.05, 4.69) is 218 Å². The number of hydrogen-bond donors (Lipinski definition) is 0. The van der Waals surface area contributed by atoms with Crippen LogP contribution in [0.4, 0.5) is 0 Å². The molecule has 0 N–H and O–H groups in total. The average molecular weight is 765 g/mol. The fourth-order valence-electron chi connectivity index (χ4n) is 9.75. The maximum atomic E-state index is 2.44. The summed E-state index contributed by atoms with van der Waals surface area (Å²) in [4.78, 5) is 0. The fraction of sp³-hybridized carbons (Fsp3) is 0. The Balaban J connectivity index is 1.25. The third-order valence-electron chi connectivity index (χ3n) is 12.2. The van der Waals surface area contributed by atoms with Crippen molar-refractivity contribution in [3.8, 4) is 89.0 Å². The summed E-state index contributed by atoms with van der Waals surface area (Å²) in [6, 6.07) is 80.6. The zero-order valence-corrected chi connectivity index (χ0v) is 33.0. The Morgan fingerprint density at radius 3 is 1.20 bits per heavy atom. The molecule has 11 aromatic rings. The first kappa shape index (κ1) is 33.8. The van der Waals surface area contributed by atoms with Crippen LogP contribution in [-0.2, 0) is 0 Å². The molecule has 0 fully saturated rings. The number of fused-ring (bicyclic) bond motifs is 6. The highest BCUT2D eigenvalue weighted by Gasteiger charge is 2.34. The SMILES string of the molecule is c1ccc(-c2cc(-c3ccc4c5c(cccc35)-c3c(-c5ccccc5)c(-c5ccccc5)c(-c5ccccc5)c(-c5ccccc5)c3-4)c3sc4ccccc4c3c2)cc1. The molecular weight excluding hydrogens is 729 g/mol. The number of thiophene rings is 1. The molecule has 10 aromatic carbocycles.